The molecule has 0 amide bonds. The number of carbonyl (C=O) groups is 3. The summed E-state index contributed by atoms with van der Waals surface area (Å²) in [7, 11) is -4.78. The van der Waals surface area contributed by atoms with Crippen LogP contribution in [-0.4, -0.2) is 82.3 Å². The molecule has 0 saturated carbocycles. The first-order valence-corrected chi connectivity index (χ1v) is 22.3. The van der Waals surface area contributed by atoms with Crippen LogP contribution in [0.4, 0.5) is 0 Å². The number of unbranched alkanes of at least 4 members (excludes halogenated alkanes) is 10. The van der Waals surface area contributed by atoms with E-state index in [9.17, 15) is 34.1 Å². The molecule has 0 bridgehead atoms. The Morgan fingerprint density at radius 2 is 1.26 bits per heavy atom. The van der Waals surface area contributed by atoms with Crippen LogP contribution >= 0.6 is 7.82 Å². The molecule has 0 radical (unpaired) electrons. The summed E-state index contributed by atoms with van der Waals surface area (Å²) in [6.07, 6.45) is 38.7. The van der Waals surface area contributed by atoms with Crippen LogP contribution in [0.3, 0.4) is 0 Å². The Morgan fingerprint density at radius 1 is 0.655 bits per heavy atom. The van der Waals surface area contributed by atoms with Crippen molar-refractivity contribution in [3.63, 3.8) is 0 Å². The number of phosphoric acid groups is 1. The van der Waals surface area contributed by atoms with Crippen molar-refractivity contribution >= 4 is 25.7 Å². The molecule has 58 heavy (non-hydrogen) atoms. The number of carbonyl (C=O) groups excluding carboxylic acids is 2. The van der Waals surface area contributed by atoms with Crippen LogP contribution in [0, 0.1) is 0 Å². The van der Waals surface area contributed by atoms with Gasteiger partial charge in [0.1, 0.15) is 12.6 Å². The number of hydrogen-bond acceptors (Lipinski definition) is 11. The van der Waals surface area contributed by atoms with Crippen molar-refractivity contribution in [1.82, 2.24) is 0 Å². The Morgan fingerprint density at radius 3 is 1.93 bits per heavy atom. The molecule has 0 saturated heterocycles. The topological polar surface area (TPSA) is 212 Å². The Hall–Kier alpha value is -3.42. The number of hydrogen-bond donors (Lipinski definition) is 5. The van der Waals surface area contributed by atoms with Gasteiger partial charge >= 0.3 is 25.7 Å². The number of allylic oxidation sites excluding steroid dienone is 10. The third-order valence-electron chi connectivity index (χ3n) is 8.30. The van der Waals surface area contributed by atoms with Gasteiger partial charge in [0.15, 0.2) is 6.10 Å². The van der Waals surface area contributed by atoms with E-state index in [1.807, 2.05) is 49.5 Å². The highest BCUT2D eigenvalue weighted by Gasteiger charge is 2.28. The first kappa shape index (κ1) is 54.6. The molecule has 1 unspecified atom stereocenters. The summed E-state index contributed by atoms with van der Waals surface area (Å²) < 4.78 is 32.5. The first-order valence-electron chi connectivity index (χ1n) is 20.8. The van der Waals surface area contributed by atoms with Gasteiger partial charge in [-0.1, -0.05) is 137 Å². The molecule has 6 N–H and O–H groups in total. The first-order chi connectivity index (χ1) is 27.9. The number of aliphatic carboxylic acids is 1. The van der Waals surface area contributed by atoms with Gasteiger partial charge in [0.05, 0.1) is 25.4 Å². The molecular weight excluding hydrogens is 765 g/mol. The summed E-state index contributed by atoms with van der Waals surface area (Å²) in [5.74, 6) is -2.61. The van der Waals surface area contributed by atoms with Gasteiger partial charge < -0.3 is 35.4 Å². The molecule has 0 aromatic heterocycles. The van der Waals surface area contributed by atoms with E-state index >= 15 is 0 Å². The van der Waals surface area contributed by atoms with E-state index in [0.717, 1.165) is 44.9 Å². The van der Waals surface area contributed by atoms with Crippen LogP contribution in [-0.2, 0) is 37.5 Å². The molecule has 0 heterocycles. The van der Waals surface area contributed by atoms with Crippen LogP contribution in [0.5, 0.6) is 0 Å². The third kappa shape index (κ3) is 36.9. The molecule has 0 aromatic rings. The summed E-state index contributed by atoms with van der Waals surface area (Å²) in [4.78, 5) is 45.9. The number of aliphatic hydroxyl groups excluding tert-OH is 2. The van der Waals surface area contributed by atoms with Gasteiger partial charge in [-0.3, -0.25) is 23.4 Å². The maximum Gasteiger partial charge on any atom is 0.472 e. The van der Waals surface area contributed by atoms with Crippen molar-refractivity contribution in [3.8, 4) is 0 Å². The van der Waals surface area contributed by atoms with Crippen molar-refractivity contribution in [3.05, 3.63) is 85.1 Å². The highest BCUT2D eigenvalue weighted by atomic mass is 31.2. The Kier molecular flexibility index (Phi) is 35.6. The minimum absolute atomic E-state index is 0.0312. The smallest absolute Gasteiger partial charge is 0.472 e. The van der Waals surface area contributed by atoms with Crippen molar-refractivity contribution in [2.24, 2.45) is 5.73 Å². The zero-order chi connectivity index (χ0) is 43.1. The fourth-order valence-corrected chi connectivity index (χ4v) is 5.75. The van der Waals surface area contributed by atoms with Crippen molar-refractivity contribution < 1.29 is 57.7 Å². The molecule has 13 nitrogen and oxygen atoms in total. The van der Waals surface area contributed by atoms with E-state index in [1.165, 1.54) is 25.7 Å². The molecule has 0 fully saturated rings. The second kappa shape index (κ2) is 37.8. The lowest BCUT2D eigenvalue weighted by atomic mass is 10.1. The number of phosphoric ester groups is 1. The lowest BCUT2D eigenvalue weighted by Crippen LogP contribution is -2.34. The number of esters is 2. The van der Waals surface area contributed by atoms with E-state index in [-0.39, 0.29) is 12.8 Å². The minimum atomic E-state index is -4.78. The second-order valence-electron chi connectivity index (χ2n) is 13.8. The molecule has 0 aromatic carbocycles. The van der Waals surface area contributed by atoms with Gasteiger partial charge in [-0.05, 0) is 64.2 Å². The van der Waals surface area contributed by atoms with Gasteiger partial charge in [0.25, 0.3) is 0 Å². The van der Waals surface area contributed by atoms with E-state index < -0.39 is 69.9 Å². The molecule has 0 aliphatic rings. The van der Waals surface area contributed by atoms with E-state index in [0.29, 0.717) is 32.1 Å². The zero-order valence-electron chi connectivity index (χ0n) is 34.8. The highest BCUT2D eigenvalue weighted by molar-refractivity contribution is 7.47. The Balaban J connectivity index is 4.69. The van der Waals surface area contributed by atoms with Crippen LogP contribution in [0.1, 0.15) is 129 Å². The molecule has 0 aliphatic heterocycles. The summed E-state index contributed by atoms with van der Waals surface area (Å²) in [6.45, 7) is 2.36. The SMILES string of the molecule is CC/C=C\C[C@H](O)/C=C/C=C\C/C=C\C=C\[C@H](O)/C=C\CCCC(=O)O[C@H](COC(=O)CCCCCCC/C=C\CCCCCC)COP(=O)(O)OC[C@H](N)C(=O)O. The molecule has 0 aliphatic carbocycles. The predicted molar refractivity (Wildman–Crippen MR) is 229 cm³/mol. The normalized spacial score (nSPS) is 15.7. The number of carboxylic acids is 1. The van der Waals surface area contributed by atoms with E-state index in [1.54, 1.807) is 30.4 Å². The Labute approximate surface area is 347 Å². The van der Waals surface area contributed by atoms with Crippen molar-refractivity contribution in [2.45, 2.75) is 154 Å². The average molecular weight is 838 g/mol. The number of nitrogens with two attached hydrogens (primary N) is 1. The molecular formula is C44H72NO12P. The fourth-order valence-electron chi connectivity index (χ4n) is 4.97. The van der Waals surface area contributed by atoms with Crippen molar-refractivity contribution in [2.75, 3.05) is 19.8 Å². The quantitative estimate of drug-likeness (QED) is 0.0130. The van der Waals surface area contributed by atoms with Crippen LogP contribution in [0.25, 0.3) is 0 Å². The van der Waals surface area contributed by atoms with Gasteiger partial charge in [0.2, 0.25) is 0 Å². The highest BCUT2D eigenvalue weighted by Crippen LogP contribution is 2.43. The third-order valence-corrected chi connectivity index (χ3v) is 9.25. The van der Waals surface area contributed by atoms with Gasteiger partial charge in [-0.25, -0.2) is 4.57 Å². The maximum absolute atomic E-state index is 12.6. The van der Waals surface area contributed by atoms with E-state index in [4.69, 9.17) is 24.8 Å². The summed E-state index contributed by atoms with van der Waals surface area (Å²) in [5.41, 5.74) is 5.31. The fraction of sp³-hybridized carbons (Fsp3) is 0.614. The number of carboxylic acid groups (broad SMARTS) is 1. The average Bonchev–Trinajstić information content (AvgIpc) is 3.19. The summed E-state index contributed by atoms with van der Waals surface area (Å²) in [5, 5.41) is 28.9. The maximum atomic E-state index is 12.6. The number of aliphatic hydroxyl groups is 2. The monoisotopic (exact) mass is 837 g/mol. The van der Waals surface area contributed by atoms with Gasteiger partial charge in [0, 0.05) is 12.8 Å². The number of rotatable bonds is 37. The van der Waals surface area contributed by atoms with Crippen LogP contribution in [0.15, 0.2) is 85.1 Å². The molecule has 5 atom stereocenters. The standard InChI is InChI=1S/C44H72NO12P/c1-3-5-7-8-9-10-11-12-13-14-18-21-27-33-42(48)54-35-40(36-55-58(52,53)56-37-41(45)44(50)51)57-43(49)34-28-22-26-32-39(47)31-25-20-17-15-16-19-24-30-38(46)29-23-6-4-2/h6,10-11,16-17,19-20,23-26,30-32,38-41,46-47H,3-5,7-9,12-15,18,21-22,27-29,33-37,45H2,1-2H3,(H,50,51)(H,52,53)/b11-10-,19-16-,20-17-,23-6-,30-24+,31-25+,32-26-/t38-,39-,40+,41-/m0/s1. The number of ether oxygens (including phenoxy) is 2. The van der Waals surface area contributed by atoms with E-state index in [2.05, 4.69) is 23.6 Å². The van der Waals surface area contributed by atoms with Gasteiger partial charge in [-0.2, -0.15) is 0 Å². The molecule has 0 spiro atoms. The lowest BCUT2D eigenvalue weighted by Gasteiger charge is -2.20. The summed E-state index contributed by atoms with van der Waals surface area (Å²) in [6, 6.07) is -1.56. The van der Waals surface area contributed by atoms with Gasteiger partial charge in [-0.15, -0.1) is 0 Å². The van der Waals surface area contributed by atoms with Crippen molar-refractivity contribution in [1.29, 1.82) is 0 Å². The lowest BCUT2D eigenvalue weighted by molar-refractivity contribution is -0.161. The molecule has 14 heteroatoms. The van der Waals surface area contributed by atoms with Crippen LogP contribution < -0.4 is 5.73 Å². The molecule has 0 rings (SSSR count). The zero-order valence-corrected chi connectivity index (χ0v) is 35.7. The molecule has 330 valence electrons. The minimum Gasteiger partial charge on any atom is -0.480 e. The predicted octanol–water partition coefficient (Wildman–Crippen LogP) is 8.66. The largest absolute Gasteiger partial charge is 0.480 e. The Bertz CT molecular complexity index is 1340. The summed E-state index contributed by atoms with van der Waals surface area (Å²) >= 11 is 0. The second-order valence-corrected chi connectivity index (χ2v) is 15.2. The van der Waals surface area contributed by atoms with Crippen LogP contribution in [0.2, 0.25) is 0 Å².